The van der Waals surface area contributed by atoms with Gasteiger partial charge in [-0.1, -0.05) is 12.1 Å². The van der Waals surface area contributed by atoms with Crippen LogP contribution in [0.4, 0.5) is 11.4 Å². The van der Waals surface area contributed by atoms with Crippen molar-refractivity contribution in [3.63, 3.8) is 0 Å². The number of benzene rings is 2. The van der Waals surface area contributed by atoms with Crippen molar-refractivity contribution < 1.29 is 14.3 Å². The molecule has 0 saturated heterocycles. The van der Waals surface area contributed by atoms with E-state index in [0.29, 0.717) is 5.69 Å². The van der Waals surface area contributed by atoms with Crippen LogP contribution in [0.1, 0.15) is 29.2 Å². The van der Waals surface area contributed by atoms with Crippen molar-refractivity contribution in [2.45, 2.75) is 34.6 Å². The highest BCUT2D eigenvalue weighted by molar-refractivity contribution is 6.21. The smallest absolute Gasteiger partial charge is 0.345 e. The summed E-state index contributed by atoms with van der Waals surface area (Å²) in [5.41, 5.74) is 5.80. The van der Waals surface area contributed by atoms with E-state index < -0.39 is 11.9 Å². The maximum absolute atomic E-state index is 12.6. The van der Waals surface area contributed by atoms with E-state index in [-0.39, 0.29) is 12.2 Å². The van der Waals surface area contributed by atoms with Gasteiger partial charge in [0.15, 0.2) is 0 Å². The summed E-state index contributed by atoms with van der Waals surface area (Å²) in [6.45, 7) is 9.88. The van der Waals surface area contributed by atoms with Crippen LogP contribution in [0.15, 0.2) is 48.2 Å². The summed E-state index contributed by atoms with van der Waals surface area (Å²) in [6.07, 6.45) is 1.39. The zero-order valence-electron chi connectivity index (χ0n) is 16.5. The van der Waals surface area contributed by atoms with Gasteiger partial charge in [-0.25, -0.2) is 4.79 Å². The predicted octanol–water partition coefficient (Wildman–Crippen LogP) is 4.42. The lowest BCUT2D eigenvalue weighted by atomic mass is 10.1. The summed E-state index contributed by atoms with van der Waals surface area (Å²) in [4.78, 5) is 24.9. The quantitative estimate of drug-likeness (QED) is 0.344. The number of esters is 1. The van der Waals surface area contributed by atoms with Gasteiger partial charge in [0.1, 0.15) is 5.57 Å². The Hall–Kier alpha value is -3.08. The molecule has 0 heterocycles. The number of ether oxygens (including phenoxy) is 1. The van der Waals surface area contributed by atoms with Crippen LogP contribution in [-0.4, -0.2) is 18.5 Å². The molecule has 0 spiro atoms. The molecule has 0 radical (unpaired) electrons. The summed E-state index contributed by atoms with van der Waals surface area (Å²) >= 11 is 0. The van der Waals surface area contributed by atoms with Crippen LogP contribution in [-0.2, 0) is 14.3 Å². The molecule has 2 aromatic rings. The average molecular weight is 366 g/mol. The maximum Gasteiger partial charge on any atom is 0.345 e. The first-order valence-corrected chi connectivity index (χ1v) is 8.91. The van der Waals surface area contributed by atoms with Crippen molar-refractivity contribution in [1.29, 1.82) is 0 Å². The Balaban J connectivity index is 2.23. The topological polar surface area (TPSA) is 67.4 Å². The number of hydrogen-bond donors (Lipinski definition) is 2. The molecule has 0 saturated carbocycles. The van der Waals surface area contributed by atoms with E-state index in [1.165, 1.54) is 11.8 Å². The van der Waals surface area contributed by atoms with E-state index >= 15 is 0 Å². The molecule has 2 N–H and O–H groups in total. The molecule has 5 heteroatoms. The van der Waals surface area contributed by atoms with Crippen molar-refractivity contribution >= 4 is 23.3 Å². The normalized spacial score (nSPS) is 11.1. The van der Waals surface area contributed by atoms with Crippen molar-refractivity contribution in [3.8, 4) is 0 Å². The number of carbonyl (C=O) groups is 2. The summed E-state index contributed by atoms with van der Waals surface area (Å²) in [6, 6.07) is 11.4. The predicted molar refractivity (Wildman–Crippen MR) is 109 cm³/mol. The fraction of sp³-hybridized carbons (Fsp3) is 0.273. The standard InChI is InChI=1S/C22H26N2O3/c1-6-27-22(26)20(13-23-18-9-7-14(2)16(4)11-18)21(25)24-19-10-8-15(3)17(5)12-19/h7-13,23H,6H2,1-5H3,(H,24,25)/b20-13+. The highest BCUT2D eigenvalue weighted by atomic mass is 16.5. The molecule has 0 fully saturated rings. The van der Waals surface area contributed by atoms with E-state index in [1.54, 1.807) is 13.0 Å². The van der Waals surface area contributed by atoms with Crippen LogP contribution < -0.4 is 10.6 Å². The van der Waals surface area contributed by atoms with Crippen LogP contribution in [0.3, 0.4) is 0 Å². The number of anilines is 2. The Kier molecular flexibility index (Phi) is 6.77. The van der Waals surface area contributed by atoms with E-state index in [2.05, 4.69) is 10.6 Å². The highest BCUT2D eigenvalue weighted by Gasteiger charge is 2.20. The van der Waals surface area contributed by atoms with Gasteiger partial charge in [-0.05, 0) is 81.1 Å². The number of nitrogens with one attached hydrogen (secondary N) is 2. The summed E-state index contributed by atoms with van der Waals surface area (Å²) in [5.74, 6) is -1.19. The average Bonchev–Trinajstić information content (AvgIpc) is 2.61. The van der Waals surface area contributed by atoms with Crippen molar-refractivity contribution in [1.82, 2.24) is 0 Å². The monoisotopic (exact) mass is 366 g/mol. The second-order valence-electron chi connectivity index (χ2n) is 6.48. The van der Waals surface area contributed by atoms with Crippen LogP contribution in [0.25, 0.3) is 0 Å². The third-order valence-electron chi connectivity index (χ3n) is 4.39. The van der Waals surface area contributed by atoms with Gasteiger partial charge < -0.3 is 15.4 Å². The molecule has 2 aromatic carbocycles. The summed E-state index contributed by atoms with van der Waals surface area (Å²) in [5, 5.41) is 5.77. The zero-order valence-corrected chi connectivity index (χ0v) is 16.5. The minimum Gasteiger partial charge on any atom is -0.462 e. The molecule has 0 unspecified atom stereocenters. The SMILES string of the molecule is CCOC(=O)/C(=C/Nc1ccc(C)c(C)c1)C(=O)Nc1ccc(C)c(C)c1. The Bertz CT molecular complexity index is 885. The second kappa shape index (κ2) is 9.03. The lowest BCUT2D eigenvalue weighted by Gasteiger charge is -2.11. The van der Waals surface area contributed by atoms with Gasteiger partial charge in [0, 0.05) is 17.6 Å². The van der Waals surface area contributed by atoms with Gasteiger partial charge in [0.25, 0.3) is 5.91 Å². The molecule has 27 heavy (non-hydrogen) atoms. The molecule has 0 bridgehead atoms. The lowest BCUT2D eigenvalue weighted by molar-refractivity contribution is -0.139. The zero-order chi connectivity index (χ0) is 20.0. The Morgan fingerprint density at radius 1 is 0.889 bits per heavy atom. The molecular formula is C22H26N2O3. The van der Waals surface area contributed by atoms with Gasteiger partial charge in [-0.3, -0.25) is 4.79 Å². The Morgan fingerprint density at radius 3 is 2.00 bits per heavy atom. The fourth-order valence-corrected chi connectivity index (χ4v) is 2.43. The first kappa shape index (κ1) is 20.2. The first-order valence-electron chi connectivity index (χ1n) is 8.91. The minimum absolute atomic E-state index is 0.0895. The number of aryl methyl sites for hydroxylation is 4. The Labute approximate surface area is 160 Å². The molecule has 2 rings (SSSR count). The molecule has 0 aliphatic heterocycles. The van der Waals surface area contributed by atoms with Gasteiger partial charge in [0.2, 0.25) is 0 Å². The number of amides is 1. The maximum atomic E-state index is 12.6. The van der Waals surface area contributed by atoms with Crippen LogP contribution in [0, 0.1) is 27.7 Å². The third-order valence-corrected chi connectivity index (χ3v) is 4.39. The molecular weight excluding hydrogens is 340 g/mol. The highest BCUT2D eigenvalue weighted by Crippen LogP contribution is 2.17. The van der Waals surface area contributed by atoms with Crippen molar-refractivity contribution in [2.24, 2.45) is 0 Å². The van der Waals surface area contributed by atoms with Crippen molar-refractivity contribution in [2.75, 3.05) is 17.2 Å². The second-order valence-corrected chi connectivity index (χ2v) is 6.48. The molecule has 1 amide bonds. The summed E-state index contributed by atoms with van der Waals surface area (Å²) < 4.78 is 5.03. The molecule has 0 aromatic heterocycles. The molecule has 5 nitrogen and oxygen atoms in total. The number of rotatable bonds is 6. The van der Waals surface area contributed by atoms with Crippen molar-refractivity contribution in [3.05, 3.63) is 70.4 Å². The third kappa shape index (κ3) is 5.45. The first-order chi connectivity index (χ1) is 12.8. The molecule has 0 atom stereocenters. The molecule has 0 aliphatic rings. The number of hydrogen-bond acceptors (Lipinski definition) is 4. The summed E-state index contributed by atoms with van der Waals surface area (Å²) in [7, 11) is 0. The molecule has 0 aliphatic carbocycles. The van der Waals surface area contributed by atoms with E-state index in [0.717, 1.165) is 22.4 Å². The largest absolute Gasteiger partial charge is 0.462 e. The van der Waals surface area contributed by atoms with Crippen LogP contribution in [0.2, 0.25) is 0 Å². The van der Waals surface area contributed by atoms with E-state index in [4.69, 9.17) is 4.74 Å². The fourth-order valence-electron chi connectivity index (χ4n) is 2.43. The lowest BCUT2D eigenvalue weighted by Crippen LogP contribution is -2.23. The minimum atomic E-state index is -0.671. The van der Waals surface area contributed by atoms with Gasteiger partial charge in [-0.2, -0.15) is 0 Å². The number of carbonyl (C=O) groups excluding carboxylic acids is 2. The van der Waals surface area contributed by atoms with E-state index in [9.17, 15) is 9.59 Å². The molecule has 142 valence electrons. The van der Waals surface area contributed by atoms with Gasteiger partial charge in [0.05, 0.1) is 6.61 Å². The van der Waals surface area contributed by atoms with Crippen LogP contribution in [0.5, 0.6) is 0 Å². The van der Waals surface area contributed by atoms with Gasteiger partial charge >= 0.3 is 5.97 Å². The van der Waals surface area contributed by atoms with Crippen LogP contribution >= 0.6 is 0 Å². The van der Waals surface area contributed by atoms with E-state index in [1.807, 2.05) is 58.0 Å². The Morgan fingerprint density at radius 2 is 1.44 bits per heavy atom. The van der Waals surface area contributed by atoms with Gasteiger partial charge in [-0.15, -0.1) is 0 Å².